The number of allylic oxidation sites excluding steroid dienone is 1. The van der Waals surface area contributed by atoms with Gasteiger partial charge in [-0.05, 0) is 60.4 Å². The van der Waals surface area contributed by atoms with Crippen LogP contribution in [-0.4, -0.2) is 22.4 Å². The molecule has 0 amide bonds. The first kappa shape index (κ1) is 22.2. The lowest BCUT2D eigenvalue weighted by Gasteiger charge is -2.37. The van der Waals surface area contributed by atoms with E-state index >= 15 is 0 Å². The molecule has 1 unspecified atom stereocenters. The third-order valence-corrected chi connectivity index (χ3v) is 6.64. The molecule has 1 atom stereocenters. The van der Waals surface area contributed by atoms with Crippen molar-refractivity contribution in [1.29, 1.82) is 0 Å². The Hall–Kier alpha value is -3.63. The number of thiophene rings is 1. The molecule has 0 bridgehead atoms. The minimum atomic E-state index is -0.970. The average Bonchev–Trinajstić information content (AvgIpc) is 3.53. The Kier molecular flexibility index (Phi) is 5.84. The first-order valence-corrected chi connectivity index (χ1v) is 11.5. The Morgan fingerprint density at radius 2 is 1.97 bits per heavy atom. The maximum atomic E-state index is 14.1. The van der Waals surface area contributed by atoms with Crippen LogP contribution in [0, 0.1) is 11.6 Å². The highest BCUT2D eigenvalue weighted by Gasteiger charge is 2.35. The zero-order chi connectivity index (χ0) is 23.8. The second kappa shape index (κ2) is 8.96. The molecule has 4 aromatic rings. The Morgan fingerprint density at radius 1 is 1.12 bits per heavy atom. The van der Waals surface area contributed by atoms with Crippen LogP contribution in [0.15, 0.2) is 70.2 Å². The van der Waals surface area contributed by atoms with Crippen LogP contribution in [0.1, 0.15) is 24.4 Å². The number of hydrogen-bond acceptors (Lipinski definition) is 6. The molecule has 172 valence electrons. The number of methoxy groups -OCH3 is 1. The summed E-state index contributed by atoms with van der Waals surface area (Å²) in [5.74, 6) is -0.482. The van der Waals surface area contributed by atoms with Crippen LogP contribution in [0.2, 0.25) is 0 Å². The number of ether oxygens (including phenoxy) is 1. The molecule has 0 fully saturated rings. The van der Waals surface area contributed by atoms with E-state index in [0.29, 0.717) is 33.6 Å². The van der Waals surface area contributed by atoms with Crippen LogP contribution in [-0.2, 0) is 0 Å². The number of halogens is 2. The van der Waals surface area contributed by atoms with E-state index in [9.17, 15) is 8.78 Å². The molecule has 1 N–H and O–H groups in total. The summed E-state index contributed by atoms with van der Waals surface area (Å²) in [5, 5.41) is 9.69. The lowest BCUT2D eigenvalue weighted by molar-refractivity contribution is 0.403. The fraction of sp³-hybridized carbons (Fsp3) is 0.125. The van der Waals surface area contributed by atoms with E-state index in [0.717, 1.165) is 22.6 Å². The van der Waals surface area contributed by atoms with Crippen molar-refractivity contribution in [2.75, 3.05) is 12.0 Å². The molecule has 0 radical (unpaired) electrons. The Labute approximate surface area is 203 Å². The third-order valence-electron chi connectivity index (χ3n) is 5.47. The van der Waals surface area contributed by atoms with Crippen molar-refractivity contribution in [3.05, 3.63) is 88.8 Å². The number of aromatic nitrogens is 2. The minimum absolute atomic E-state index is 0.288. The van der Waals surface area contributed by atoms with Crippen LogP contribution in [0.25, 0.3) is 16.3 Å². The quantitative estimate of drug-likeness (QED) is 0.343. The van der Waals surface area contributed by atoms with Crippen LogP contribution in [0.3, 0.4) is 0 Å². The van der Waals surface area contributed by atoms with E-state index < -0.39 is 17.7 Å². The summed E-state index contributed by atoms with van der Waals surface area (Å²) in [7, 11) is 1.59. The highest BCUT2D eigenvalue weighted by Crippen LogP contribution is 2.40. The maximum Gasteiger partial charge on any atom is 0.258 e. The second-order valence-corrected chi connectivity index (χ2v) is 8.83. The second-order valence-electron chi connectivity index (χ2n) is 7.49. The summed E-state index contributed by atoms with van der Waals surface area (Å²) in [5.41, 5.74) is 2.52. The van der Waals surface area contributed by atoms with Gasteiger partial charge in [0.2, 0.25) is 5.82 Å². The van der Waals surface area contributed by atoms with E-state index in [1.54, 1.807) is 12.0 Å². The average molecular weight is 497 g/mol. The van der Waals surface area contributed by atoms with Crippen LogP contribution >= 0.6 is 23.6 Å². The molecule has 2 aromatic carbocycles. The standard InChI is InChI=1S/C24H18F2N4O2S2/c1-13-20(23-28-22(29-32-23)19-7-4-10-34-19)21(14-5-3-6-16(11-14)31-2)27-24(33)30(13)15-8-9-17(25)18(26)12-15/h3-12,21H,1-2H3,(H,27,33). The molecule has 0 saturated heterocycles. The molecule has 10 heteroatoms. The van der Waals surface area contributed by atoms with Gasteiger partial charge in [0.05, 0.1) is 29.3 Å². The van der Waals surface area contributed by atoms with Crippen molar-refractivity contribution in [2.24, 2.45) is 0 Å². The highest BCUT2D eigenvalue weighted by molar-refractivity contribution is 7.80. The van der Waals surface area contributed by atoms with Crippen molar-refractivity contribution in [3.63, 3.8) is 0 Å². The zero-order valence-corrected chi connectivity index (χ0v) is 19.7. The molecule has 0 saturated carbocycles. The normalized spacial score (nSPS) is 16.1. The maximum absolute atomic E-state index is 14.1. The Morgan fingerprint density at radius 3 is 2.71 bits per heavy atom. The molecule has 0 aliphatic carbocycles. The van der Waals surface area contributed by atoms with E-state index in [-0.39, 0.29) is 5.89 Å². The molecular formula is C24H18F2N4O2S2. The first-order valence-electron chi connectivity index (χ1n) is 10.2. The lowest BCUT2D eigenvalue weighted by atomic mass is 9.94. The Bertz CT molecular complexity index is 1400. The topological polar surface area (TPSA) is 63.4 Å². The Balaban J connectivity index is 1.67. The van der Waals surface area contributed by atoms with Crippen molar-refractivity contribution >= 4 is 39.9 Å². The van der Waals surface area contributed by atoms with Gasteiger partial charge in [0.15, 0.2) is 16.7 Å². The van der Waals surface area contributed by atoms with Crippen molar-refractivity contribution < 1.29 is 18.0 Å². The van der Waals surface area contributed by atoms with Crippen LogP contribution < -0.4 is 15.0 Å². The summed E-state index contributed by atoms with van der Waals surface area (Å²) in [4.78, 5) is 7.12. The van der Waals surface area contributed by atoms with Gasteiger partial charge in [0.1, 0.15) is 5.75 Å². The lowest BCUT2D eigenvalue weighted by Crippen LogP contribution is -2.46. The molecule has 2 aromatic heterocycles. The van der Waals surface area contributed by atoms with Gasteiger partial charge in [-0.15, -0.1) is 11.3 Å². The van der Waals surface area contributed by atoms with Gasteiger partial charge in [0, 0.05) is 11.8 Å². The van der Waals surface area contributed by atoms with Gasteiger partial charge < -0.3 is 14.6 Å². The number of hydrogen-bond donors (Lipinski definition) is 1. The first-order chi connectivity index (χ1) is 16.5. The van der Waals surface area contributed by atoms with Gasteiger partial charge in [-0.1, -0.05) is 23.4 Å². The fourth-order valence-electron chi connectivity index (χ4n) is 3.86. The molecule has 0 spiro atoms. The number of anilines is 1. The zero-order valence-electron chi connectivity index (χ0n) is 18.1. The van der Waals surface area contributed by atoms with Crippen molar-refractivity contribution in [3.8, 4) is 16.5 Å². The van der Waals surface area contributed by atoms with Crippen molar-refractivity contribution in [2.45, 2.75) is 13.0 Å². The number of rotatable bonds is 5. The molecule has 1 aliphatic heterocycles. The van der Waals surface area contributed by atoms with E-state index in [2.05, 4.69) is 15.5 Å². The van der Waals surface area contributed by atoms with E-state index in [1.807, 2.05) is 48.7 Å². The minimum Gasteiger partial charge on any atom is -0.497 e. The van der Waals surface area contributed by atoms with Gasteiger partial charge in [0.25, 0.3) is 5.89 Å². The number of benzene rings is 2. The van der Waals surface area contributed by atoms with Gasteiger partial charge >= 0.3 is 0 Å². The van der Waals surface area contributed by atoms with Gasteiger partial charge in [-0.2, -0.15) is 4.98 Å². The number of nitrogens with zero attached hydrogens (tertiary/aromatic N) is 3. The van der Waals surface area contributed by atoms with Crippen LogP contribution in [0.5, 0.6) is 5.75 Å². The van der Waals surface area contributed by atoms with Gasteiger partial charge in [-0.25, -0.2) is 8.78 Å². The molecular weight excluding hydrogens is 478 g/mol. The molecule has 6 nitrogen and oxygen atoms in total. The monoisotopic (exact) mass is 496 g/mol. The van der Waals surface area contributed by atoms with Gasteiger partial charge in [-0.3, -0.25) is 4.90 Å². The summed E-state index contributed by atoms with van der Waals surface area (Å²) in [6, 6.07) is 14.5. The summed E-state index contributed by atoms with van der Waals surface area (Å²) in [6.07, 6.45) is 0. The smallest absolute Gasteiger partial charge is 0.258 e. The largest absolute Gasteiger partial charge is 0.497 e. The fourth-order valence-corrected chi connectivity index (χ4v) is 4.87. The van der Waals surface area contributed by atoms with E-state index in [4.69, 9.17) is 21.5 Å². The predicted molar refractivity (Wildman–Crippen MR) is 131 cm³/mol. The SMILES string of the molecule is COc1cccc(C2NC(=S)N(c3ccc(F)c(F)c3)C(C)=C2c2nc(-c3cccs3)no2)c1. The highest BCUT2D eigenvalue weighted by atomic mass is 32.1. The summed E-state index contributed by atoms with van der Waals surface area (Å²) in [6.45, 7) is 1.83. The summed E-state index contributed by atoms with van der Waals surface area (Å²) < 4.78 is 38.7. The van der Waals surface area contributed by atoms with Crippen LogP contribution in [0.4, 0.5) is 14.5 Å². The van der Waals surface area contributed by atoms with E-state index in [1.165, 1.54) is 17.4 Å². The third kappa shape index (κ3) is 3.95. The molecule has 1 aliphatic rings. The number of nitrogens with one attached hydrogen (secondary N) is 1. The molecule has 34 heavy (non-hydrogen) atoms. The molecule has 3 heterocycles. The molecule has 5 rings (SSSR count). The summed E-state index contributed by atoms with van der Waals surface area (Å²) >= 11 is 7.14. The predicted octanol–water partition coefficient (Wildman–Crippen LogP) is 5.95. The number of thiocarbonyl (C=S) groups is 1. The van der Waals surface area contributed by atoms with Crippen molar-refractivity contribution in [1.82, 2.24) is 15.5 Å².